The zero-order valence-electron chi connectivity index (χ0n) is 21.0. The smallest absolute Gasteiger partial charge is 0.141 e. The van der Waals surface area contributed by atoms with Crippen molar-refractivity contribution in [1.29, 1.82) is 0 Å². The average Bonchev–Trinajstić information content (AvgIpc) is 3.34. The topological polar surface area (TPSA) is 151 Å². The standard InChI is InChI=1S/C25H30BrClN4O6/c1-37-20-10-14-18(28-12-29-25(14)30-13-4-5-16(26)17(27)8-13)9-15(20)22(34)21(31-6-2-3-7-31)24(36)23(35)19(33)11-32/h4-5,8-10,12,19,21-24,32-36H,2-3,6-7,11H2,1H3,(H,28,29,30)/t19-,21-,22?,23+,24+/m1/s1/i6D/t6?,19-,21-,22?,23+,24+. The molecule has 2 heterocycles. The van der Waals surface area contributed by atoms with E-state index in [1.807, 2.05) is 6.07 Å². The number of hydrogen-bond acceptors (Lipinski definition) is 10. The number of methoxy groups -OCH3 is 1. The maximum atomic E-state index is 11.6. The molecular formula is C25H30BrClN4O6. The first-order valence-corrected chi connectivity index (χ1v) is 12.9. The minimum absolute atomic E-state index is 0.269. The minimum Gasteiger partial charge on any atom is -0.496 e. The molecular weight excluding hydrogens is 568 g/mol. The first kappa shape index (κ1) is 26.5. The van der Waals surface area contributed by atoms with Crippen molar-refractivity contribution in [3.05, 3.63) is 51.7 Å². The summed E-state index contributed by atoms with van der Waals surface area (Å²) in [6, 6.07) is 7.44. The maximum Gasteiger partial charge on any atom is 0.141 e. The lowest BCUT2D eigenvalue weighted by Crippen LogP contribution is -2.54. The van der Waals surface area contributed by atoms with E-state index in [1.54, 1.807) is 29.2 Å². The van der Waals surface area contributed by atoms with Crippen LogP contribution in [-0.4, -0.2) is 91.5 Å². The quantitative estimate of drug-likeness (QED) is 0.205. The Morgan fingerprint density at radius 1 is 1.16 bits per heavy atom. The molecule has 1 aliphatic heterocycles. The highest BCUT2D eigenvalue weighted by molar-refractivity contribution is 9.10. The van der Waals surface area contributed by atoms with Crippen molar-refractivity contribution >= 4 is 49.9 Å². The number of halogens is 2. The first-order chi connectivity index (χ1) is 18.2. The van der Waals surface area contributed by atoms with Gasteiger partial charge in [0.25, 0.3) is 0 Å². The van der Waals surface area contributed by atoms with Gasteiger partial charge in [-0.1, -0.05) is 11.6 Å². The molecule has 200 valence electrons. The van der Waals surface area contributed by atoms with E-state index in [4.69, 9.17) is 17.7 Å². The van der Waals surface area contributed by atoms with Gasteiger partial charge in [-0.15, -0.1) is 0 Å². The summed E-state index contributed by atoms with van der Waals surface area (Å²) in [5.74, 6) is 0.739. The Balaban J connectivity index is 1.75. The van der Waals surface area contributed by atoms with Crippen LogP contribution in [0, 0.1) is 0 Å². The van der Waals surface area contributed by atoms with Crippen LogP contribution in [0.5, 0.6) is 5.75 Å². The Labute approximate surface area is 229 Å². The number of nitrogens with zero attached hydrogens (tertiary/aromatic N) is 3. The second-order valence-electron chi connectivity index (χ2n) is 8.82. The van der Waals surface area contributed by atoms with Gasteiger partial charge in [-0.2, -0.15) is 0 Å². The fourth-order valence-electron chi connectivity index (χ4n) is 4.50. The van der Waals surface area contributed by atoms with E-state index in [9.17, 15) is 25.5 Å². The van der Waals surface area contributed by atoms with E-state index in [1.165, 1.54) is 13.4 Å². The van der Waals surface area contributed by atoms with Gasteiger partial charge in [-0.25, -0.2) is 9.97 Å². The van der Waals surface area contributed by atoms with Crippen LogP contribution >= 0.6 is 27.5 Å². The predicted octanol–water partition coefficient (Wildman–Crippen LogP) is 2.37. The van der Waals surface area contributed by atoms with Gasteiger partial charge in [0.1, 0.15) is 42.3 Å². The third kappa shape index (κ3) is 5.99. The van der Waals surface area contributed by atoms with Crippen LogP contribution in [0.1, 0.15) is 25.9 Å². The molecule has 37 heavy (non-hydrogen) atoms. The monoisotopic (exact) mass is 597 g/mol. The van der Waals surface area contributed by atoms with E-state index in [0.717, 1.165) is 4.47 Å². The minimum atomic E-state index is -1.75. The summed E-state index contributed by atoms with van der Waals surface area (Å²) < 4.78 is 14.7. The number of hydrogen-bond donors (Lipinski definition) is 6. The lowest BCUT2D eigenvalue weighted by atomic mass is 9.90. The Bertz CT molecular complexity index is 1280. The maximum absolute atomic E-state index is 11.6. The molecule has 1 fully saturated rings. The lowest BCUT2D eigenvalue weighted by molar-refractivity contribution is -0.121. The Morgan fingerprint density at radius 3 is 2.59 bits per heavy atom. The van der Waals surface area contributed by atoms with Gasteiger partial charge in [-0.3, -0.25) is 4.90 Å². The summed E-state index contributed by atoms with van der Waals surface area (Å²) in [5, 5.41) is 56.6. The number of ether oxygens (including phenoxy) is 1. The van der Waals surface area contributed by atoms with Crippen LogP contribution in [0.3, 0.4) is 0 Å². The largest absolute Gasteiger partial charge is 0.496 e. The molecule has 1 aromatic heterocycles. The van der Waals surface area contributed by atoms with Gasteiger partial charge in [0, 0.05) is 22.5 Å². The number of benzene rings is 2. The van der Waals surface area contributed by atoms with Crippen LogP contribution in [0.15, 0.2) is 41.1 Å². The molecule has 0 amide bonds. The molecule has 1 aliphatic rings. The fourth-order valence-corrected chi connectivity index (χ4v) is 4.92. The molecule has 4 rings (SSSR count). The second kappa shape index (κ2) is 12.2. The lowest BCUT2D eigenvalue weighted by Gasteiger charge is -2.38. The number of aliphatic hydroxyl groups is 5. The predicted molar refractivity (Wildman–Crippen MR) is 143 cm³/mol. The number of nitrogens with one attached hydrogen (secondary N) is 1. The van der Waals surface area contributed by atoms with Crippen molar-refractivity contribution in [2.45, 2.75) is 43.3 Å². The number of anilines is 2. The summed E-state index contributed by atoms with van der Waals surface area (Å²) in [4.78, 5) is 10.3. The van der Waals surface area contributed by atoms with Gasteiger partial charge in [0.2, 0.25) is 0 Å². The van der Waals surface area contributed by atoms with E-state index in [2.05, 4.69) is 31.2 Å². The Morgan fingerprint density at radius 2 is 1.95 bits per heavy atom. The Hall–Kier alpha value is -2.09. The summed E-state index contributed by atoms with van der Waals surface area (Å²) in [7, 11) is 1.43. The fraction of sp³-hybridized carbons (Fsp3) is 0.440. The average molecular weight is 599 g/mol. The molecule has 0 aliphatic carbocycles. The molecule has 2 aromatic carbocycles. The normalized spacial score (nSPS) is 20.8. The molecule has 0 bridgehead atoms. The van der Waals surface area contributed by atoms with Gasteiger partial charge < -0.3 is 35.6 Å². The van der Waals surface area contributed by atoms with Crippen LogP contribution in [0.2, 0.25) is 5.02 Å². The van der Waals surface area contributed by atoms with E-state index < -0.39 is 43.6 Å². The third-order valence-corrected chi connectivity index (χ3v) is 7.69. The first-order valence-electron chi connectivity index (χ1n) is 12.3. The van der Waals surface area contributed by atoms with Crippen LogP contribution in [0.4, 0.5) is 11.5 Å². The van der Waals surface area contributed by atoms with Gasteiger partial charge in [-0.05, 0) is 72.2 Å². The van der Waals surface area contributed by atoms with Crippen LogP contribution in [0.25, 0.3) is 10.9 Å². The molecule has 12 heteroatoms. The SMILES string of the molecule is [2H]C1CCCN1[C@H](C(O)c1cc2ncnc(Nc3ccc(Br)c(Cl)c3)c2cc1OC)[C@H](O)[C@@H](O)[C@H](O)CO. The van der Waals surface area contributed by atoms with Gasteiger partial charge in [0.05, 0.1) is 30.3 Å². The molecule has 2 unspecified atom stereocenters. The van der Waals surface area contributed by atoms with Crippen molar-refractivity contribution in [2.75, 3.05) is 32.1 Å². The zero-order valence-corrected chi connectivity index (χ0v) is 22.3. The highest BCUT2D eigenvalue weighted by Crippen LogP contribution is 2.38. The summed E-state index contributed by atoms with van der Waals surface area (Å²) >= 11 is 9.58. The molecule has 0 radical (unpaired) electrons. The molecule has 3 aromatic rings. The summed E-state index contributed by atoms with van der Waals surface area (Å²) in [6.45, 7) is -1.11. The Kier molecular flexibility index (Phi) is 8.73. The molecule has 10 nitrogen and oxygen atoms in total. The van der Waals surface area contributed by atoms with E-state index in [0.29, 0.717) is 46.8 Å². The van der Waals surface area contributed by atoms with Crippen LogP contribution < -0.4 is 10.1 Å². The number of aromatic nitrogens is 2. The van der Waals surface area contributed by atoms with Crippen molar-refractivity contribution in [2.24, 2.45) is 0 Å². The molecule has 0 spiro atoms. The van der Waals surface area contributed by atoms with Crippen molar-refractivity contribution < 1.29 is 31.6 Å². The number of rotatable bonds is 10. The van der Waals surface area contributed by atoms with E-state index in [-0.39, 0.29) is 11.3 Å². The van der Waals surface area contributed by atoms with Crippen molar-refractivity contribution in [1.82, 2.24) is 14.9 Å². The highest BCUT2D eigenvalue weighted by atomic mass is 79.9. The number of likely N-dealkylation sites (tertiary alicyclic amines) is 1. The van der Waals surface area contributed by atoms with E-state index >= 15 is 0 Å². The zero-order chi connectivity index (χ0) is 27.6. The van der Waals surface area contributed by atoms with Gasteiger partial charge in [0.15, 0.2) is 0 Å². The molecule has 0 saturated carbocycles. The van der Waals surface area contributed by atoms with Crippen molar-refractivity contribution in [3.63, 3.8) is 0 Å². The highest BCUT2D eigenvalue weighted by Gasteiger charge is 2.41. The number of aliphatic hydroxyl groups excluding tert-OH is 5. The van der Waals surface area contributed by atoms with Crippen molar-refractivity contribution in [3.8, 4) is 5.75 Å². The third-order valence-electron chi connectivity index (χ3n) is 6.46. The second-order valence-corrected chi connectivity index (χ2v) is 10.1. The summed E-state index contributed by atoms with van der Waals surface area (Å²) in [6.07, 6.45) is -3.95. The molecule has 6 atom stereocenters. The molecule has 6 N–H and O–H groups in total. The molecule has 1 saturated heterocycles. The summed E-state index contributed by atoms with van der Waals surface area (Å²) in [5.41, 5.74) is 1.43. The van der Waals surface area contributed by atoms with Crippen LogP contribution in [-0.2, 0) is 0 Å². The van der Waals surface area contributed by atoms with Gasteiger partial charge >= 0.3 is 0 Å². The number of fused-ring (bicyclic) bond motifs is 1.